The molecule has 0 aliphatic carbocycles. The molecule has 0 amide bonds. The summed E-state index contributed by atoms with van der Waals surface area (Å²) in [6, 6.07) is 0. The van der Waals surface area contributed by atoms with Crippen LogP contribution in [0, 0.1) is 0 Å². The van der Waals surface area contributed by atoms with E-state index in [1.165, 1.54) is 57.8 Å². The van der Waals surface area contributed by atoms with Gasteiger partial charge in [-0.1, -0.05) is 151 Å². The predicted molar refractivity (Wildman–Crippen MR) is 247 cm³/mol. The largest absolute Gasteiger partial charge is 0.462 e. The van der Waals surface area contributed by atoms with Crippen LogP contribution in [0.3, 0.4) is 0 Å². The third kappa shape index (κ3) is 32.7. The van der Waals surface area contributed by atoms with Crippen molar-refractivity contribution in [3.63, 3.8) is 0 Å². The molecule has 0 bridgehead atoms. The van der Waals surface area contributed by atoms with Crippen LogP contribution in [-0.2, 0) is 38.7 Å². The summed E-state index contributed by atoms with van der Waals surface area (Å²) in [6.07, 6.45) is 39.5. The van der Waals surface area contributed by atoms with E-state index in [1.807, 2.05) is 12.2 Å². The van der Waals surface area contributed by atoms with Gasteiger partial charge in [0.25, 0.3) is 10.1 Å². The van der Waals surface area contributed by atoms with Crippen molar-refractivity contribution in [2.45, 2.75) is 205 Å². The molecular weight excluding hydrogens is 813 g/mol. The van der Waals surface area contributed by atoms with Crippen molar-refractivity contribution in [1.29, 1.82) is 0 Å². The van der Waals surface area contributed by atoms with E-state index in [0.717, 1.165) is 64.2 Å². The van der Waals surface area contributed by atoms with Crippen LogP contribution in [0.1, 0.15) is 168 Å². The number of aliphatic hydroxyl groups is 3. The smallest absolute Gasteiger partial charge is 0.306 e. The molecule has 2 unspecified atom stereocenters. The van der Waals surface area contributed by atoms with Crippen molar-refractivity contribution >= 4 is 22.1 Å². The van der Waals surface area contributed by atoms with Crippen LogP contribution in [0.5, 0.6) is 0 Å². The van der Waals surface area contributed by atoms with Crippen molar-refractivity contribution in [3.8, 4) is 0 Å². The number of carbonyl (C=O) groups is 2. The molecule has 13 heteroatoms. The Morgan fingerprint density at radius 3 is 1.58 bits per heavy atom. The minimum absolute atomic E-state index is 0.0820. The topological polar surface area (TPSA) is 186 Å². The minimum atomic E-state index is -4.61. The highest BCUT2D eigenvalue weighted by atomic mass is 32.2. The summed E-state index contributed by atoms with van der Waals surface area (Å²) < 4.78 is 54.0. The molecule has 356 valence electrons. The molecule has 0 spiro atoms. The number of aliphatic hydroxyl groups excluding tert-OH is 3. The number of allylic oxidation sites excluding steroid dienone is 12. The van der Waals surface area contributed by atoms with Crippen LogP contribution < -0.4 is 0 Å². The van der Waals surface area contributed by atoms with Gasteiger partial charge >= 0.3 is 11.9 Å². The van der Waals surface area contributed by atoms with Crippen LogP contribution >= 0.6 is 0 Å². The van der Waals surface area contributed by atoms with Crippen molar-refractivity contribution in [2.75, 3.05) is 19.0 Å². The minimum Gasteiger partial charge on any atom is -0.462 e. The second kappa shape index (κ2) is 38.5. The molecule has 0 radical (unpaired) electrons. The monoisotopic (exact) mass is 895 g/mol. The van der Waals surface area contributed by atoms with Gasteiger partial charge in [0.1, 0.15) is 36.8 Å². The second-order valence-electron chi connectivity index (χ2n) is 16.0. The fraction of sp³-hybridized carbons (Fsp3) is 0.714. The number of carbonyl (C=O) groups excluding carboxylic acids is 2. The zero-order valence-corrected chi connectivity index (χ0v) is 38.8. The van der Waals surface area contributed by atoms with Crippen LogP contribution in [0.4, 0.5) is 0 Å². The summed E-state index contributed by atoms with van der Waals surface area (Å²) in [6.45, 7) is 3.59. The van der Waals surface area contributed by atoms with Gasteiger partial charge in [0.05, 0.1) is 6.61 Å². The number of hydrogen-bond acceptors (Lipinski definition) is 11. The lowest BCUT2D eigenvalue weighted by molar-refractivity contribution is -0.297. The van der Waals surface area contributed by atoms with Gasteiger partial charge in [-0.3, -0.25) is 14.1 Å². The van der Waals surface area contributed by atoms with Gasteiger partial charge in [-0.15, -0.1) is 0 Å². The maximum atomic E-state index is 12.8. The summed E-state index contributed by atoms with van der Waals surface area (Å²) >= 11 is 0. The Kier molecular flexibility index (Phi) is 35.5. The molecule has 6 atom stereocenters. The molecule has 1 heterocycles. The molecule has 12 nitrogen and oxygen atoms in total. The van der Waals surface area contributed by atoms with Crippen molar-refractivity contribution in [2.24, 2.45) is 0 Å². The fourth-order valence-corrected chi connectivity index (χ4v) is 7.34. The Morgan fingerprint density at radius 1 is 0.565 bits per heavy atom. The maximum absolute atomic E-state index is 12.8. The van der Waals surface area contributed by atoms with Crippen LogP contribution in [0.2, 0.25) is 0 Å². The Balaban J connectivity index is 2.48. The summed E-state index contributed by atoms with van der Waals surface area (Å²) in [4.78, 5) is 25.4. The fourth-order valence-electron chi connectivity index (χ4n) is 6.65. The first-order valence-electron chi connectivity index (χ1n) is 23.5. The first kappa shape index (κ1) is 57.1. The first-order chi connectivity index (χ1) is 30.0. The summed E-state index contributed by atoms with van der Waals surface area (Å²) in [7, 11) is -4.61. The van der Waals surface area contributed by atoms with Gasteiger partial charge in [-0.2, -0.15) is 8.42 Å². The van der Waals surface area contributed by atoms with Crippen molar-refractivity contribution in [3.05, 3.63) is 72.9 Å². The van der Waals surface area contributed by atoms with Gasteiger partial charge in [0.15, 0.2) is 12.4 Å². The number of ether oxygens (including phenoxy) is 4. The number of esters is 2. The lowest BCUT2D eigenvalue weighted by Crippen LogP contribution is -2.60. The average Bonchev–Trinajstić information content (AvgIpc) is 3.24. The maximum Gasteiger partial charge on any atom is 0.306 e. The molecule has 1 saturated heterocycles. The third-order valence-corrected chi connectivity index (χ3v) is 11.0. The molecule has 0 aromatic heterocycles. The Bertz CT molecular complexity index is 1420. The predicted octanol–water partition coefficient (Wildman–Crippen LogP) is 9.89. The van der Waals surface area contributed by atoms with E-state index in [9.17, 15) is 37.9 Å². The second-order valence-corrected chi connectivity index (χ2v) is 17.5. The normalized spacial score (nSPS) is 20.5. The third-order valence-electron chi connectivity index (χ3n) is 10.3. The Morgan fingerprint density at radius 2 is 1.03 bits per heavy atom. The molecule has 1 fully saturated rings. The van der Waals surface area contributed by atoms with E-state index < -0.39 is 71.2 Å². The molecule has 0 aromatic rings. The SMILES string of the molecule is CC/C=C/C/C=C/C/C=C/C/C=C/C/C=C/CCCC(=O)O[C@H](COC(=O)CCCCCCCCC/C=C/CCCCCCCC)CO[C@H]1O[C@H](CS(=O)(=O)O)[C@@H](O)C(O)C1O. The highest BCUT2D eigenvalue weighted by molar-refractivity contribution is 7.85. The summed E-state index contributed by atoms with van der Waals surface area (Å²) in [5.74, 6) is -2.07. The van der Waals surface area contributed by atoms with Gasteiger partial charge in [-0.05, 0) is 77.0 Å². The van der Waals surface area contributed by atoms with Crippen LogP contribution in [0.15, 0.2) is 72.9 Å². The molecule has 1 aliphatic rings. The lowest BCUT2D eigenvalue weighted by atomic mass is 10.00. The highest BCUT2D eigenvalue weighted by Gasteiger charge is 2.46. The number of rotatable bonds is 38. The van der Waals surface area contributed by atoms with E-state index in [2.05, 4.69) is 74.6 Å². The quantitative estimate of drug-likeness (QED) is 0.0199. The highest BCUT2D eigenvalue weighted by Crippen LogP contribution is 2.24. The van der Waals surface area contributed by atoms with Crippen molar-refractivity contribution < 1.29 is 56.8 Å². The van der Waals surface area contributed by atoms with Crippen LogP contribution in [-0.4, -0.2) is 96.0 Å². The average molecular weight is 895 g/mol. The van der Waals surface area contributed by atoms with Gasteiger partial charge in [-0.25, -0.2) is 0 Å². The molecular formula is C49H82O12S. The Hall–Kier alpha value is -2.91. The van der Waals surface area contributed by atoms with Crippen LogP contribution in [0.25, 0.3) is 0 Å². The van der Waals surface area contributed by atoms with Crippen molar-refractivity contribution in [1.82, 2.24) is 0 Å². The molecule has 1 rings (SSSR count). The van der Waals surface area contributed by atoms with E-state index >= 15 is 0 Å². The molecule has 4 N–H and O–H groups in total. The van der Waals surface area contributed by atoms with E-state index in [1.54, 1.807) is 0 Å². The first-order valence-corrected chi connectivity index (χ1v) is 25.1. The van der Waals surface area contributed by atoms with Gasteiger partial charge < -0.3 is 34.3 Å². The molecule has 0 aromatic carbocycles. The number of hydrogen-bond donors (Lipinski definition) is 4. The standard InChI is InChI=1S/C49H82O12S/c1-3-5-7-9-11-13-15-17-19-21-23-25-27-29-31-33-35-37-44(50)58-39-42(40-59-49-48(54)47(53)46(52)43(61-49)41-62(55,56)57)60-45(51)38-36-34-32-30-28-26-24-22-20-18-16-14-12-10-8-6-4-2/h6,8,12,14,17-20,24,26,30,32,42-43,46-49,52-54H,3-5,7,9-11,13,15-16,21-23,25,27-29,31,33-41H2,1-2H3,(H,55,56,57)/b8-6+,14-12+,19-17+,20-18+,26-24+,32-30+/t42-,43-,46-,47?,48?,49+/m1/s1. The van der Waals surface area contributed by atoms with Gasteiger partial charge in [0, 0.05) is 12.8 Å². The zero-order chi connectivity index (χ0) is 45.5. The van der Waals surface area contributed by atoms with Gasteiger partial charge in [0.2, 0.25) is 0 Å². The summed E-state index contributed by atoms with van der Waals surface area (Å²) in [5.41, 5.74) is 0. The molecule has 62 heavy (non-hydrogen) atoms. The van der Waals surface area contributed by atoms with E-state index in [4.69, 9.17) is 18.9 Å². The van der Waals surface area contributed by atoms with E-state index in [-0.39, 0.29) is 19.4 Å². The molecule has 1 aliphatic heterocycles. The number of unbranched alkanes of at least 4 members (excludes halogenated alkanes) is 14. The Labute approximate surface area is 374 Å². The lowest BCUT2D eigenvalue weighted by Gasteiger charge is -2.40. The zero-order valence-electron chi connectivity index (χ0n) is 37.9. The molecule has 0 saturated carbocycles. The summed E-state index contributed by atoms with van der Waals surface area (Å²) in [5, 5.41) is 30.9. The van der Waals surface area contributed by atoms with E-state index in [0.29, 0.717) is 19.3 Å².